The molecule has 5 aliphatic carbocycles. The molecule has 0 amide bonds. The van der Waals surface area contributed by atoms with Crippen LogP contribution in [0.5, 0.6) is 0 Å². The molecule has 0 radical (unpaired) electrons. The molecular formula is C31H54. The zero-order valence-electron chi connectivity index (χ0n) is 22.0. The van der Waals surface area contributed by atoms with Crippen molar-refractivity contribution in [3.8, 4) is 0 Å². The molecule has 0 heteroatoms. The lowest BCUT2D eigenvalue weighted by Gasteiger charge is -2.48. The first-order valence-corrected chi connectivity index (χ1v) is 14.6. The fourth-order valence-electron chi connectivity index (χ4n) is 11.4. The minimum absolute atomic E-state index is 0.552. The van der Waals surface area contributed by atoms with Gasteiger partial charge in [0.2, 0.25) is 0 Å². The van der Waals surface area contributed by atoms with E-state index < -0.39 is 0 Å². The van der Waals surface area contributed by atoms with Crippen LogP contribution in [0, 0.1) is 63.6 Å². The molecule has 0 N–H and O–H groups in total. The van der Waals surface area contributed by atoms with Crippen molar-refractivity contribution in [2.24, 2.45) is 63.6 Å². The smallest absolute Gasteiger partial charge is 0.0292 e. The summed E-state index contributed by atoms with van der Waals surface area (Å²) in [6, 6.07) is 0. The largest absolute Gasteiger partial charge is 0.0599 e. The summed E-state index contributed by atoms with van der Waals surface area (Å²) in [7, 11) is 0. The Hall–Kier alpha value is 0. The van der Waals surface area contributed by atoms with Crippen molar-refractivity contribution in [3.63, 3.8) is 0 Å². The van der Waals surface area contributed by atoms with E-state index in [0.717, 1.165) is 47.3 Å². The van der Waals surface area contributed by atoms with Crippen LogP contribution < -0.4 is 0 Å². The van der Waals surface area contributed by atoms with Gasteiger partial charge >= 0.3 is 0 Å². The summed E-state index contributed by atoms with van der Waals surface area (Å²) in [5.74, 6) is 8.46. The molecule has 31 heavy (non-hydrogen) atoms. The average molecular weight is 427 g/mol. The topological polar surface area (TPSA) is 0 Å². The molecule has 0 bridgehead atoms. The molecule has 6 unspecified atom stereocenters. The van der Waals surface area contributed by atoms with Gasteiger partial charge in [-0.05, 0) is 128 Å². The molecule has 0 aromatic heterocycles. The second kappa shape index (κ2) is 8.05. The highest BCUT2D eigenvalue weighted by Gasteiger charge is 2.57. The first-order chi connectivity index (χ1) is 14.6. The molecule has 0 aromatic carbocycles. The highest BCUT2D eigenvalue weighted by atomic mass is 14.6. The molecule has 0 aliphatic heterocycles. The lowest BCUT2D eigenvalue weighted by atomic mass is 9.57. The molecule has 5 rings (SSSR count). The van der Waals surface area contributed by atoms with Gasteiger partial charge in [-0.3, -0.25) is 0 Å². The van der Waals surface area contributed by atoms with Crippen molar-refractivity contribution in [2.75, 3.05) is 0 Å². The van der Waals surface area contributed by atoms with Crippen molar-refractivity contribution in [1.82, 2.24) is 0 Å². The van der Waals surface area contributed by atoms with Crippen LogP contribution in [0.1, 0.15) is 131 Å². The third kappa shape index (κ3) is 4.18. The lowest BCUT2D eigenvalue weighted by Crippen LogP contribution is -2.40. The zero-order chi connectivity index (χ0) is 22.0. The zero-order valence-corrected chi connectivity index (χ0v) is 22.0. The van der Waals surface area contributed by atoms with E-state index in [0.29, 0.717) is 16.2 Å². The fourth-order valence-corrected chi connectivity index (χ4v) is 11.4. The second-order valence-corrected chi connectivity index (χ2v) is 15.5. The first-order valence-electron chi connectivity index (χ1n) is 14.6. The molecule has 5 fully saturated rings. The van der Waals surface area contributed by atoms with Gasteiger partial charge in [-0.1, -0.05) is 67.2 Å². The Kier molecular flexibility index (Phi) is 5.91. The van der Waals surface area contributed by atoms with E-state index in [-0.39, 0.29) is 0 Å². The standard InChI is InChI=1S/C31H54/c1-29(2)18-22(19-30(3,4)20-29)21-15-16-23(17-21)31(5,6)28-26-13-9-7-11-24(26)25-12-8-10-14-27(25)28/h21-28H,7-20H2,1-6H3. The molecule has 0 nitrogen and oxygen atoms in total. The van der Waals surface area contributed by atoms with Crippen LogP contribution in [0.3, 0.4) is 0 Å². The average Bonchev–Trinajstić information content (AvgIpc) is 3.30. The summed E-state index contributed by atoms with van der Waals surface area (Å²) >= 11 is 0. The summed E-state index contributed by atoms with van der Waals surface area (Å²) in [5, 5.41) is 0. The quantitative estimate of drug-likeness (QED) is 0.421. The van der Waals surface area contributed by atoms with Gasteiger partial charge in [0, 0.05) is 0 Å². The lowest BCUT2D eigenvalue weighted by molar-refractivity contribution is 0.0176. The van der Waals surface area contributed by atoms with Gasteiger partial charge in [-0.15, -0.1) is 0 Å². The van der Waals surface area contributed by atoms with Gasteiger partial charge in [0.25, 0.3) is 0 Å². The third-order valence-corrected chi connectivity index (χ3v) is 11.9. The number of hydrogen-bond acceptors (Lipinski definition) is 0. The minimum Gasteiger partial charge on any atom is -0.0599 e. The highest BCUT2D eigenvalue weighted by Crippen LogP contribution is 2.65. The minimum atomic E-state index is 0.552. The van der Waals surface area contributed by atoms with Gasteiger partial charge in [-0.25, -0.2) is 0 Å². The van der Waals surface area contributed by atoms with Gasteiger partial charge < -0.3 is 0 Å². The Labute approximate surface area is 195 Å². The normalized spacial score (nSPS) is 45.3. The summed E-state index contributed by atoms with van der Waals surface area (Å²) < 4.78 is 0. The van der Waals surface area contributed by atoms with E-state index in [1.165, 1.54) is 44.9 Å². The van der Waals surface area contributed by atoms with E-state index >= 15 is 0 Å². The number of hydrogen-bond donors (Lipinski definition) is 0. The Morgan fingerprint density at radius 1 is 0.581 bits per heavy atom. The Morgan fingerprint density at radius 3 is 1.58 bits per heavy atom. The van der Waals surface area contributed by atoms with Crippen LogP contribution in [-0.4, -0.2) is 0 Å². The molecular weight excluding hydrogens is 372 g/mol. The van der Waals surface area contributed by atoms with Crippen LogP contribution in [0.25, 0.3) is 0 Å². The predicted molar refractivity (Wildman–Crippen MR) is 134 cm³/mol. The molecule has 0 aromatic rings. The van der Waals surface area contributed by atoms with Crippen molar-refractivity contribution >= 4 is 0 Å². The fraction of sp³-hybridized carbons (Fsp3) is 1.00. The molecule has 6 atom stereocenters. The summed E-state index contributed by atoms with van der Waals surface area (Å²) in [4.78, 5) is 0. The van der Waals surface area contributed by atoms with Crippen LogP contribution in [0.15, 0.2) is 0 Å². The van der Waals surface area contributed by atoms with E-state index in [4.69, 9.17) is 0 Å². The van der Waals surface area contributed by atoms with Crippen molar-refractivity contribution in [2.45, 2.75) is 131 Å². The van der Waals surface area contributed by atoms with Gasteiger partial charge in [0.1, 0.15) is 0 Å². The Balaban J connectivity index is 1.33. The molecule has 0 saturated heterocycles. The van der Waals surface area contributed by atoms with Crippen molar-refractivity contribution in [1.29, 1.82) is 0 Å². The summed E-state index contributed by atoms with van der Waals surface area (Å²) in [6.07, 6.45) is 21.5. The highest BCUT2D eigenvalue weighted by molar-refractivity contribution is 5.06. The number of rotatable bonds is 3. The Morgan fingerprint density at radius 2 is 1.06 bits per heavy atom. The van der Waals surface area contributed by atoms with Crippen LogP contribution in [-0.2, 0) is 0 Å². The first kappa shape index (κ1) is 22.8. The monoisotopic (exact) mass is 426 g/mol. The maximum atomic E-state index is 2.77. The van der Waals surface area contributed by atoms with Crippen LogP contribution >= 0.6 is 0 Å². The van der Waals surface area contributed by atoms with E-state index in [2.05, 4.69) is 41.5 Å². The van der Waals surface area contributed by atoms with Gasteiger partial charge in [0.15, 0.2) is 0 Å². The molecule has 5 aliphatic rings. The molecule has 5 saturated carbocycles. The van der Waals surface area contributed by atoms with Crippen molar-refractivity contribution in [3.05, 3.63) is 0 Å². The van der Waals surface area contributed by atoms with Crippen molar-refractivity contribution < 1.29 is 0 Å². The predicted octanol–water partition coefficient (Wildman–Crippen LogP) is 9.52. The summed E-state index contributed by atoms with van der Waals surface area (Å²) in [5.41, 5.74) is 1.68. The molecule has 178 valence electrons. The van der Waals surface area contributed by atoms with Crippen LogP contribution in [0.2, 0.25) is 0 Å². The summed E-state index contributed by atoms with van der Waals surface area (Å²) in [6.45, 7) is 15.8. The number of fused-ring (bicyclic) bond motifs is 3. The van der Waals surface area contributed by atoms with E-state index in [1.807, 2.05) is 0 Å². The SMILES string of the molecule is CC1(C)CC(C2CCC(C(C)(C)C3C4CCCCC4C4CCCCC43)C2)CC(C)(C)C1. The maximum absolute atomic E-state index is 2.77. The van der Waals surface area contributed by atoms with Gasteiger partial charge in [-0.2, -0.15) is 0 Å². The molecule has 0 spiro atoms. The van der Waals surface area contributed by atoms with E-state index in [9.17, 15) is 0 Å². The second-order valence-electron chi connectivity index (χ2n) is 15.5. The van der Waals surface area contributed by atoms with E-state index in [1.54, 1.807) is 44.9 Å². The van der Waals surface area contributed by atoms with Gasteiger partial charge in [0.05, 0.1) is 0 Å². The maximum Gasteiger partial charge on any atom is -0.0292 e. The molecule has 0 heterocycles. The Bertz CT molecular complexity index is 600. The third-order valence-electron chi connectivity index (χ3n) is 11.9. The van der Waals surface area contributed by atoms with Crippen LogP contribution in [0.4, 0.5) is 0 Å².